The first-order valence-electron chi connectivity index (χ1n) is 13.1. The third kappa shape index (κ3) is 7.03. The monoisotopic (exact) mass is 515 g/mol. The van der Waals surface area contributed by atoms with Crippen LogP contribution in [0.15, 0.2) is 71.1 Å². The number of fused-ring (bicyclic) bond motifs is 1. The number of carbonyl (C=O) groups is 1. The molecule has 0 saturated heterocycles. The lowest BCUT2D eigenvalue weighted by Gasteiger charge is -2.15. The fourth-order valence-electron chi connectivity index (χ4n) is 4.58. The molecule has 6 nitrogen and oxygen atoms in total. The van der Waals surface area contributed by atoms with Crippen molar-refractivity contribution in [1.29, 1.82) is 0 Å². The predicted molar refractivity (Wildman–Crippen MR) is 150 cm³/mol. The van der Waals surface area contributed by atoms with Crippen molar-refractivity contribution in [2.24, 2.45) is 11.7 Å². The number of methoxy groups -OCH3 is 1. The number of carbonyl (C=O) groups excluding carboxylic acids is 1. The predicted octanol–water partition coefficient (Wildman–Crippen LogP) is 6.46. The summed E-state index contributed by atoms with van der Waals surface area (Å²) in [4.78, 5) is 12.5. The van der Waals surface area contributed by atoms with Crippen molar-refractivity contribution in [2.75, 3.05) is 13.7 Å². The van der Waals surface area contributed by atoms with E-state index >= 15 is 0 Å². The molecule has 0 saturated carbocycles. The van der Waals surface area contributed by atoms with Gasteiger partial charge in [0.25, 0.3) is 0 Å². The molecular formula is C32H37NO5. The molecule has 0 fully saturated rings. The van der Waals surface area contributed by atoms with Gasteiger partial charge < -0.3 is 24.4 Å². The van der Waals surface area contributed by atoms with Crippen LogP contribution in [-0.2, 0) is 40.3 Å². The van der Waals surface area contributed by atoms with Crippen LogP contribution < -0.4 is 10.5 Å². The molecule has 4 rings (SSSR count). The minimum Gasteiger partial charge on any atom is -0.489 e. The van der Waals surface area contributed by atoms with Gasteiger partial charge >= 0.3 is 5.97 Å². The number of hydrogen-bond donors (Lipinski definition) is 1. The van der Waals surface area contributed by atoms with Gasteiger partial charge in [0.05, 0.1) is 13.0 Å². The Morgan fingerprint density at radius 3 is 2.55 bits per heavy atom. The van der Waals surface area contributed by atoms with Crippen LogP contribution >= 0.6 is 0 Å². The zero-order chi connectivity index (χ0) is 27.1. The van der Waals surface area contributed by atoms with E-state index in [2.05, 4.69) is 44.2 Å². The minimum atomic E-state index is -0.315. The largest absolute Gasteiger partial charge is 0.489 e. The Kier molecular flexibility index (Phi) is 9.21. The van der Waals surface area contributed by atoms with Crippen molar-refractivity contribution in [2.45, 2.75) is 52.9 Å². The first-order valence-corrected chi connectivity index (χ1v) is 13.1. The van der Waals surface area contributed by atoms with Crippen LogP contribution in [0.1, 0.15) is 43.2 Å². The maximum atomic E-state index is 12.5. The van der Waals surface area contributed by atoms with E-state index in [1.54, 1.807) is 7.11 Å². The van der Waals surface area contributed by atoms with Crippen LogP contribution in [0, 0.1) is 5.92 Å². The molecule has 0 aliphatic rings. The number of ether oxygens (including phenoxy) is 3. The average molecular weight is 516 g/mol. The maximum Gasteiger partial charge on any atom is 0.310 e. The van der Waals surface area contributed by atoms with E-state index in [9.17, 15) is 4.79 Å². The normalized spacial score (nSPS) is 12.2. The number of rotatable bonds is 12. The SMILES string of the molecule is COCC(C)OC(=O)Cc1ccccc1OCc1cc(-c2cccc(CN)c2)c2oc(CC(C)C)cc2c1. The van der Waals surface area contributed by atoms with Gasteiger partial charge in [-0.05, 0) is 59.9 Å². The lowest BCUT2D eigenvalue weighted by atomic mass is 9.98. The van der Waals surface area contributed by atoms with E-state index in [4.69, 9.17) is 24.4 Å². The van der Waals surface area contributed by atoms with Crippen LogP contribution in [0.4, 0.5) is 0 Å². The molecule has 2 N–H and O–H groups in total. The second-order valence-corrected chi connectivity index (χ2v) is 10.1. The standard InChI is InChI=1S/C32H37NO5/c1-21(2)12-28-16-27-14-24(15-29(32(27)38-28)25-10-7-8-23(13-25)18-33)20-36-30-11-6-5-9-26(30)17-31(34)37-22(3)19-35-4/h5-11,13-16,21-22H,12,17-20,33H2,1-4H3. The van der Waals surface area contributed by atoms with Crippen molar-refractivity contribution in [1.82, 2.24) is 0 Å². The Hall–Kier alpha value is -3.61. The summed E-state index contributed by atoms with van der Waals surface area (Å²) >= 11 is 0. The molecule has 200 valence electrons. The fourth-order valence-corrected chi connectivity index (χ4v) is 4.58. The fraction of sp³-hybridized carbons (Fsp3) is 0.344. The smallest absolute Gasteiger partial charge is 0.310 e. The highest BCUT2D eigenvalue weighted by Crippen LogP contribution is 2.34. The zero-order valence-corrected chi connectivity index (χ0v) is 22.7. The summed E-state index contributed by atoms with van der Waals surface area (Å²) in [7, 11) is 1.58. The molecule has 0 bridgehead atoms. The van der Waals surface area contributed by atoms with Gasteiger partial charge in [0.2, 0.25) is 0 Å². The highest BCUT2D eigenvalue weighted by molar-refractivity contribution is 5.93. The third-order valence-electron chi connectivity index (χ3n) is 6.25. The number of furan rings is 1. The molecule has 0 aliphatic heterocycles. The first-order chi connectivity index (χ1) is 18.4. The average Bonchev–Trinajstić information content (AvgIpc) is 3.29. The quantitative estimate of drug-likeness (QED) is 0.218. The Morgan fingerprint density at radius 1 is 0.974 bits per heavy atom. The molecule has 1 atom stereocenters. The van der Waals surface area contributed by atoms with Crippen molar-refractivity contribution in [3.63, 3.8) is 0 Å². The van der Waals surface area contributed by atoms with Crippen LogP contribution in [0.2, 0.25) is 0 Å². The Morgan fingerprint density at radius 2 is 1.79 bits per heavy atom. The molecule has 0 radical (unpaired) electrons. The number of hydrogen-bond acceptors (Lipinski definition) is 6. The topological polar surface area (TPSA) is 83.9 Å². The lowest BCUT2D eigenvalue weighted by Crippen LogP contribution is -2.21. The van der Waals surface area contributed by atoms with E-state index in [-0.39, 0.29) is 18.5 Å². The van der Waals surface area contributed by atoms with E-state index < -0.39 is 0 Å². The van der Waals surface area contributed by atoms with Crippen LogP contribution in [0.3, 0.4) is 0 Å². The number of benzene rings is 3. The first kappa shape index (κ1) is 27.4. The van der Waals surface area contributed by atoms with Crippen molar-refractivity contribution < 1.29 is 23.4 Å². The Balaban J connectivity index is 1.61. The minimum absolute atomic E-state index is 0.126. The molecule has 0 amide bonds. The van der Waals surface area contributed by atoms with Gasteiger partial charge in [-0.15, -0.1) is 0 Å². The molecule has 0 spiro atoms. The van der Waals surface area contributed by atoms with Gasteiger partial charge in [0.15, 0.2) is 0 Å². The maximum absolute atomic E-state index is 12.5. The van der Waals surface area contributed by atoms with Crippen LogP contribution in [0.25, 0.3) is 22.1 Å². The summed E-state index contributed by atoms with van der Waals surface area (Å²) in [6.07, 6.45) is 0.690. The molecule has 1 heterocycles. The van der Waals surface area contributed by atoms with Crippen molar-refractivity contribution in [3.8, 4) is 16.9 Å². The van der Waals surface area contributed by atoms with Gasteiger partial charge in [0, 0.05) is 36.6 Å². The van der Waals surface area contributed by atoms with Gasteiger partial charge in [-0.25, -0.2) is 0 Å². The zero-order valence-electron chi connectivity index (χ0n) is 22.7. The van der Waals surface area contributed by atoms with E-state index in [0.717, 1.165) is 51.0 Å². The van der Waals surface area contributed by atoms with E-state index in [0.29, 0.717) is 31.4 Å². The van der Waals surface area contributed by atoms with Gasteiger partial charge in [-0.2, -0.15) is 0 Å². The lowest BCUT2D eigenvalue weighted by molar-refractivity contribution is -0.149. The van der Waals surface area contributed by atoms with Gasteiger partial charge in [-0.1, -0.05) is 50.2 Å². The molecular weight excluding hydrogens is 478 g/mol. The molecule has 38 heavy (non-hydrogen) atoms. The molecule has 3 aromatic carbocycles. The number of para-hydroxylation sites is 1. The summed E-state index contributed by atoms with van der Waals surface area (Å²) < 4.78 is 23.1. The Labute approximate surface area is 224 Å². The molecule has 1 aromatic heterocycles. The Bertz CT molecular complexity index is 1370. The van der Waals surface area contributed by atoms with Crippen LogP contribution in [-0.4, -0.2) is 25.8 Å². The van der Waals surface area contributed by atoms with E-state index in [1.165, 1.54) is 0 Å². The highest BCUT2D eigenvalue weighted by Gasteiger charge is 2.16. The second kappa shape index (κ2) is 12.8. The second-order valence-electron chi connectivity index (χ2n) is 10.1. The third-order valence-corrected chi connectivity index (χ3v) is 6.25. The summed E-state index contributed by atoms with van der Waals surface area (Å²) in [6, 6.07) is 22.1. The summed E-state index contributed by atoms with van der Waals surface area (Å²) in [5.41, 5.74) is 11.7. The molecule has 1 unspecified atom stereocenters. The van der Waals surface area contributed by atoms with E-state index in [1.807, 2.05) is 43.3 Å². The van der Waals surface area contributed by atoms with Gasteiger partial charge in [-0.3, -0.25) is 4.79 Å². The van der Waals surface area contributed by atoms with Gasteiger partial charge in [0.1, 0.15) is 29.8 Å². The summed E-state index contributed by atoms with van der Waals surface area (Å²) in [5, 5.41) is 1.04. The van der Waals surface area contributed by atoms with Crippen molar-refractivity contribution >= 4 is 16.9 Å². The highest BCUT2D eigenvalue weighted by atomic mass is 16.6. The van der Waals surface area contributed by atoms with Crippen LogP contribution in [0.5, 0.6) is 5.75 Å². The molecule has 6 heteroatoms. The summed E-state index contributed by atoms with van der Waals surface area (Å²) in [6.45, 7) is 7.35. The number of nitrogens with two attached hydrogens (primary N) is 1. The summed E-state index contributed by atoms with van der Waals surface area (Å²) in [5.74, 6) is 1.80. The number of esters is 1. The molecule has 0 aliphatic carbocycles. The molecule has 4 aromatic rings. The van der Waals surface area contributed by atoms with Crippen molar-refractivity contribution in [3.05, 3.63) is 89.2 Å².